The summed E-state index contributed by atoms with van der Waals surface area (Å²) in [4.78, 5) is 13.6. The zero-order chi connectivity index (χ0) is 18.4. The SMILES string of the molecule is O=C(N[C@H]1CCCNC1)c1ccc(S(=O)(=O)NCCc2cccs2)cc1. The van der Waals surface area contributed by atoms with Gasteiger partial charge in [-0.25, -0.2) is 13.1 Å². The molecule has 0 spiro atoms. The second-order valence-corrected chi connectivity index (χ2v) is 9.07. The predicted octanol–water partition coefficient (Wildman–Crippen LogP) is 1.75. The van der Waals surface area contributed by atoms with E-state index in [-0.39, 0.29) is 16.8 Å². The largest absolute Gasteiger partial charge is 0.348 e. The molecule has 1 atom stereocenters. The number of benzene rings is 1. The Balaban J connectivity index is 1.56. The maximum atomic E-state index is 12.3. The smallest absolute Gasteiger partial charge is 0.251 e. The second-order valence-electron chi connectivity index (χ2n) is 6.27. The Morgan fingerprint density at radius 1 is 1.23 bits per heavy atom. The Morgan fingerprint density at radius 3 is 2.69 bits per heavy atom. The van der Waals surface area contributed by atoms with E-state index in [4.69, 9.17) is 0 Å². The molecule has 8 heteroatoms. The van der Waals surface area contributed by atoms with Gasteiger partial charge in [0.2, 0.25) is 10.0 Å². The topological polar surface area (TPSA) is 87.3 Å². The molecule has 1 amide bonds. The van der Waals surface area contributed by atoms with Gasteiger partial charge in [-0.1, -0.05) is 6.07 Å². The van der Waals surface area contributed by atoms with Crippen LogP contribution in [0.2, 0.25) is 0 Å². The zero-order valence-electron chi connectivity index (χ0n) is 14.4. The Morgan fingerprint density at radius 2 is 2.04 bits per heavy atom. The first kappa shape index (κ1) is 19.0. The van der Waals surface area contributed by atoms with Crippen LogP contribution < -0.4 is 15.4 Å². The third-order valence-corrected chi connectivity index (χ3v) is 6.72. The lowest BCUT2D eigenvalue weighted by atomic mass is 10.1. The van der Waals surface area contributed by atoms with Crippen molar-refractivity contribution >= 4 is 27.3 Å². The summed E-state index contributed by atoms with van der Waals surface area (Å²) in [5.41, 5.74) is 0.466. The monoisotopic (exact) mass is 393 g/mol. The molecular formula is C18H23N3O3S2. The lowest BCUT2D eigenvalue weighted by Gasteiger charge is -2.23. The Hall–Kier alpha value is -1.74. The highest BCUT2D eigenvalue weighted by Crippen LogP contribution is 2.13. The van der Waals surface area contributed by atoms with Crippen LogP contribution in [0.15, 0.2) is 46.7 Å². The van der Waals surface area contributed by atoms with Gasteiger partial charge in [0.05, 0.1) is 4.90 Å². The molecule has 26 heavy (non-hydrogen) atoms. The van der Waals surface area contributed by atoms with Gasteiger partial charge in [0.25, 0.3) is 5.91 Å². The fraction of sp³-hybridized carbons (Fsp3) is 0.389. The molecule has 140 valence electrons. The average Bonchev–Trinajstić information content (AvgIpc) is 3.16. The van der Waals surface area contributed by atoms with Crippen molar-refractivity contribution in [3.8, 4) is 0 Å². The fourth-order valence-electron chi connectivity index (χ4n) is 2.88. The molecule has 0 saturated carbocycles. The molecule has 1 saturated heterocycles. The van der Waals surface area contributed by atoms with Crippen molar-refractivity contribution in [1.29, 1.82) is 0 Å². The van der Waals surface area contributed by atoms with Crippen molar-refractivity contribution < 1.29 is 13.2 Å². The third kappa shape index (κ3) is 5.14. The van der Waals surface area contributed by atoms with Crippen molar-refractivity contribution in [3.05, 3.63) is 52.2 Å². The van der Waals surface area contributed by atoms with Crippen LogP contribution >= 0.6 is 11.3 Å². The van der Waals surface area contributed by atoms with Crippen LogP contribution in [0.25, 0.3) is 0 Å². The first-order valence-corrected chi connectivity index (χ1v) is 11.0. The summed E-state index contributed by atoms with van der Waals surface area (Å²) in [7, 11) is -3.57. The first-order chi connectivity index (χ1) is 12.5. The van der Waals surface area contributed by atoms with E-state index < -0.39 is 10.0 Å². The molecule has 1 aromatic carbocycles. The van der Waals surface area contributed by atoms with Gasteiger partial charge in [-0.2, -0.15) is 0 Å². The minimum absolute atomic E-state index is 0.124. The number of sulfonamides is 1. The Labute approximate surface area is 158 Å². The number of rotatable bonds is 7. The molecule has 1 aliphatic rings. The van der Waals surface area contributed by atoms with Gasteiger partial charge in [-0.05, 0) is 61.5 Å². The van der Waals surface area contributed by atoms with E-state index >= 15 is 0 Å². The lowest BCUT2D eigenvalue weighted by Crippen LogP contribution is -2.45. The maximum absolute atomic E-state index is 12.3. The van der Waals surface area contributed by atoms with Gasteiger partial charge in [0.1, 0.15) is 0 Å². The summed E-state index contributed by atoms with van der Waals surface area (Å²) in [6.07, 6.45) is 2.66. The number of amides is 1. The van der Waals surface area contributed by atoms with E-state index in [2.05, 4.69) is 15.4 Å². The second kappa shape index (κ2) is 8.77. The number of hydrogen-bond acceptors (Lipinski definition) is 5. The number of hydrogen-bond donors (Lipinski definition) is 3. The van der Waals surface area contributed by atoms with E-state index in [0.29, 0.717) is 18.5 Å². The zero-order valence-corrected chi connectivity index (χ0v) is 16.0. The van der Waals surface area contributed by atoms with Crippen LogP contribution in [-0.4, -0.2) is 40.0 Å². The summed E-state index contributed by atoms with van der Waals surface area (Å²) in [6.45, 7) is 2.10. The molecule has 6 nitrogen and oxygen atoms in total. The van der Waals surface area contributed by atoms with E-state index in [1.54, 1.807) is 23.5 Å². The molecule has 0 bridgehead atoms. The average molecular weight is 394 g/mol. The summed E-state index contributed by atoms with van der Waals surface area (Å²) >= 11 is 1.60. The van der Waals surface area contributed by atoms with Crippen LogP contribution in [0.1, 0.15) is 28.1 Å². The van der Waals surface area contributed by atoms with Crippen LogP contribution in [0.4, 0.5) is 0 Å². The van der Waals surface area contributed by atoms with Crippen molar-refractivity contribution in [3.63, 3.8) is 0 Å². The summed E-state index contributed by atoms with van der Waals surface area (Å²) in [5, 5.41) is 8.20. The van der Waals surface area contributed by atoms with Crippen molar-refractivity contribution in [2.75, 3.05) is 19.6 Å². The minimum atomic E-state index is -3.57. The molecule has 3 N–H and O–H groups in total. The van der Waals surface area contributed by atoms with E-state index in [0.717, 1.165) is 30.8 Å². The van der Waals surface area contributed by atoms with Gasteiger partial charge in [-0.3, -0.25) is 4.79 Å². The number of nitrogens with one attached hydrogen (secondary N) is 3. The molecule has 3 rings (SSSR count). The molecule has 2 aromatic rings. The normalized spacial score (nSPS) is 17.8. The summed E-state index contributed by atoms with van der Waals surface area (Å²) in [6, 6.07) is 10.1. The number of carbonyl (C=O) groups is 1. The highest BCUT2D eigenvalue weighted by atomic mass is 32.2. The standard InChI is InChI=1S/C18H23N3O3S2/c22-18(21-15-3-1-10-19-13-15)14-5-7-17(8-6-14)26(23,24)20-11-9-16-4-2-12-25-16/h2,4-8,12,15,19-20H,1,3,9-11,13H2,(H,21,22)/t15-/m0/s1. The minimum Gasteiger partial charge on any atom is -0.348 e. The molecule has 1 fully saturated rings. The highest BCUT2D eigenvalue weighted by molar-refractivity contribution is 7.89. The molecule has 0 radical (unpaired) electrons. The number of carbonyl (C=O) groups excluding carboxylic acids is 1. The summed E-state index contributed by atoms with van der Waals surface area (Å²) < 4.78 is 27.3. The van der Waals surface area contributed by atoms with Gasteiger partial charge in [0, 0.05) is 29.6 Å². The Kier molecular flexibility index (Phi) is 6.42. The van der Waals surface area contributed by atoms with Crippen LogP contribution in [0.3, 0.4) is 0 Å². The number of piperidine rings is 1. The molecule has 1 aromatic heterocycles. The van der Waals surface area contributed by atoms with Gasteiger partial charge >= 0.3 is 0 Å². The highest BCUT2D eigenvalue weighted by Gasteiger charge is 2.18. The Bertz CT molecular complexity index is 812. The van der Waals surface area contributed by atoms with Crippen molar-refractivity contribution in [2.45, 2.75) is 30.2 Å². The number of thiophene rings is 1. The van der Waals surface area contributed by atoms with Gasteiger partial charge in [0.15, 0.2) is 0 Å². The molecule has 2 heterocycles. The fourth-order valence-corrected chi connectivity index (χ4v) is 4.62. The molecule has 0 unspecified atom stereocenters. The lowest BCUT2D eigenvalue weighted by molar-refractivity contribution is 0.0930. The maximum Gasteiger partial charge on any atom is 0.251 e. The third-order valence-electron chi connectivity index (χ3n) is 4.30. The van der Waals surface area contributed by atoms with Crippen LogP contribution in [0, 0.1) is 0 Å². The van der Waals surface area contributed by atoms with Crippen LogP contribution in [-0.2, 0) is 16.4 Å². The summed E-state index contributed by atoms with van der Waals surface area (Å²) in [5.74, 6) is -0.173. The van der Waals surface area contributed by atoms with E-state index in [9.17, 15) is 13.2 Å². The van der Waals surface area contributed by atoms with Crippen LogP contribution in [0.5, 0.6) is 0 Å². The molecular weight excluding hydrogens is 370 g/mol. The quantitative estimate of drug-likeness (QED) is 0.669. The molecule has 1 aliphatic heterocycles. The van der Waals surface area contributed by atoms with Crippen molar-refractivity contribution in [2.24, 2.45) is 0 Å². The first-order valence-electron chi connectivity index (χ1n) is 8.68. The van der Waals surface area contributed by atoms with Crippen molar-refractivity contribution in [1.82, 2.24) is 15.4 Å². The van der Waals surface area contributed by atoms with Gasteiger partial charge in [-0.15, -0.1) is 11.3 Å². The predicted molar refractivity (Wildman–Crippen MR) is 103 cm³/mol. The van der Waals surface area contributed by atoms with Gasteiger partial charge < -0.3 is 10.6 Å². The molecule has 0 aliphatic carbocycles. The van der Waals surface area contributed by atoms with E-state index in [1.165, 1.54) is 12.1 Å². The van der Waals surface area contributed by atoms with E-state index in [1.807, 2.05) is 17.5 Å².